The molecule has 2 heterocycles. The molecule has 0 radical (unpaired) electrons. The van der Waals surface area contributed by atoms with E-state index in [2.05, 4.69) is 36.1 Å². The number of thiazole rings is 1. The molecule has 0 spiro atoms. The number of nitrogens with one attached hydrogen (secondary N) is 1. The summed E-state index contributed by atoms with van der Waals surface area (Å²) in [7, 11) is 3.23. The molecule has 0 aliphatic rings. The molecule has 0 bridgehead atoms. The normalized spacial score (nSPS) is 11.2. The zero-order chi connectivity index (χ0) is 17.9. The number of rotatable bonds is 4. The first kappa shape index (κ1) is 18.1. The van der Waals surface area contributed by atoms with Crippen molar-refractivity contribution in [3.63, 3.8) is 0 Å². The van der Waals surface area contributed by atoms with Crippen molar-refractivity contribution in [3.8, 4) is 0 Å². The Kier molecular flexibility index (Phi) is 5.33. The van der Waals surface area contributed by atoms with E-state index in [1.54, 1.807) is 37.6 Å². The van der Waals surface area contributed by atoms with Gasteiger partial charge >= 0.3 is 0 Å². The van der Waals surface area contributed by atoms with Gasteiger partial charge < -0.3 is 10.2 Å². The molecular weight excluding hydrogens is 324 g/mol. The van der Waals surface area contributed by atoms with E-state index < -0.39 is 0 Å². The van der Waals surface area contributed by atoms with Gasteiger partial charge in [-0.2, -0.15) is 0 Å². The summed E-state index contributed by atoms with van der Waals surface area (Å²) in [5.74, 6) is -0.373. The molecule has 6 nitrogen and oxygen atoms in total. The standard InChI is InChI=1S/C17H22N4O2S/c1-17(2,3)16-20-11(10-24-16)8-14(22)21(5)12-6-7-19-13(9-12)15(23)18-4/h6-7,9-10H,8H2,1-5H3,(H,18,23). The van der Waals surface area contributed by atoms with Gasteiger partial charge in [-0.15, -0.1) is 11.3 Å². The van der Waals surface area contributed by atoms with Crippen molar-refractivity contribution in [3.05, 3.63) is 40.1 Å². The zero-order valence-corrected chi connectivity index (χ0v) is 15.4. The Hall–Kier alpha value is -2.28. The minimum Gasteiger partial charge on any atom is -0.354 e. The summed E-state index contributed by atoms with van der Waals surface area (Å²) in [5.41, 5.74) is 1.64. The second kappa shape index (κ2) is 7.09. The monoisotopic (exact) mass is 346 g/mol. The highest BCUT2D eigenvalue weighted by molar-refractivity contribution is 7.09. The van der Waals surface area contributed by atoms with E-state index in [1.165, 1.54) is 11.1 Å². The molecule has 0 unspecified atom stereocenters. The van der Waals surface area contributed by atoms with Gasteiger partial charge in [-0.25, -0.2) is 4.98 Å². The van der Waals surface area contributed by atoms with Crippen molar-refractivity contribution >= 4 is 28.8 Å². The van der Waals surface area contributed by atoms with Gasteiger partial charge in [-0.1, -0.05) is 20.8 Å². The second-order valence-corrected chi connectivity index (χ2v) is 7.36. The van der Waals surface area contributed by atoms with Crippen molar-refractivity contribution in [2.45, 2.75) is 32.6 Å². The van der Waals surface area contributed by atoms with Crippen molar-refractivity contribution < 1.29 is 9.59 Å². The Labute approximate surface area is 145 Å². The molecule has 0 atom stereocenters. The third kappa shape index (κ3) is 4.17. The van der Waals surface area contributed by atoms with Crippen LogP contribution < -0.4 is 10.2 Å². The molecule has 2 aromatic heterocycles. The van der Waals surface area contributed by atoms with E-state index >= 15 is 0 Å². The Morgan fingerprint density at radius 1 is 1.33 bits per heavy atom. The molecule has 0 aliphatic heterocycles. The summed E-state index contributed by atoms with van der Waals surface area (Å²) in [5, 5.41) is 5.46. The Bertz CT molecular complexity index is 749. The van der Waals surface area contributed by atoms with Gasteiger partial charge in [-0.05, 0) is 12.1 Å². The maximum Gasteiger partial charge on any atom is 0.269 e. The van der Waals surface area contributed by atoms with E-state index in [-0.39, 0.29) is 29.3 Å². The van der Waals surface area contributed by atoms with Gasteiger partial charge in [0.2, 0.25) is 5.91 Å². The summed E-state index contributed by atoms with van der Waals surface area (Å²) >= 11 is 1.57. The minimum absolute atomic E-state index is 0.0224. The molecule has 2 amide bonds. The topological polar surface area (TPSA) is 75.2 Å². The molecule has 128 valence electrons. The number of likely N-dealkylation sites (N-methyl/N-ethyl adjacent to an activating group) is 1. The van der Waals surface area contributed by atoms with Gasteiger partial charge in [-0.3, -0.25) is 14.6 Å². The van der Waals surface area contributed by atoms with E-state index in [1.807, 2.05) is 5.38 Å². The predicted molar refractivity (Wildman–Crippen MR) is 95.6 cm³/mol. The zero-order valence-electron chi connectivity index (χ0n) is 14.6. The highest BCUT2D eigenvalue weighted by Crippen LogP contribution is 2.26. The van der Waals surface area contributed by atoms with Crippen LogP contribution in [0.1, 0.15) is 42.0 Å². The summed E-state index contributed by atoms with van der Waals surface area (Å²) in [6.07, 6.45) is 1.74. The van der Waals surface area contributed by atoms with Crippen LogP contribution in [0.5, 0.6) is 0 Å². The molecular formula is C17H22N4O2S. The van der Waals surface area contributed by atoms with Crippen LogP contribution in [0, 0.1) is 0 Å². The van der Waals surface area contributed by atoms with Crippen LogP contribution in [0.3, 0.4) is 0 Å². The van der Waals surface area contributed by atoms with Gasteiger partial charge in [0, 0.05) is 36.8 Å². The number of carbonyl (C=O) groups excluding carboxylic acids is 2. The SMILES string of the molecule is CNC(=O)c1cc(N(C)C(=O)Cc2csc(C(C)(C)C)n2)ccn1. The lowest BCUT2D eigenvalue weighted by Crippen LogP contribution is -2.28. The number of amides is 2. The lowest BCUT2D eigenvalue weighted by atomic mass is 9.98. The van der Waals surface area contributed by atoms with E-state index in [0.29, 0.717) is 5.69 Å². The molecule has 0 saturated heterocycles. The summed E-state index contributed by atoms with van der Waals surface area (Å²) < 4.78 is 0. The molecule has 24 heavy (non-hydrogen) atoms. The fraction of sp³-hybridized carbons (Fsp3) is 0.412. The number of hydrogen-bond donors (Lipinski definition) is 1. The van der Waals surface area contributed by atoms with E-state index in [0.717, 1.165) is 10.7 Å². The van der Waals surface area contributed by atoms with Crippen LogP contribution in [-0.2, 0) is 16.6 Å². The fourth-order valence-corrected chi connectivity index (χ4v) is 2.94. The Morgan fingerprint density at radius 2 is 2.04 bits per heavy atom. The summed E-state index contributed by atoms with van der Waals surface area (Å²) in [4.78, 5) is 34.2. The van der Waals surface area contributed by atoms with Gasteiger partial charge in [0.15, 0.2) is 0 Å². The first-order valence-electron chi connectivity index (χ1n) is 7.62. The van der Waals surface area contributed by atoms with Crippen LogP contribution in [0.4, 0.5) is 5.69 Å². The van der Waals surface area contributed by atoms with Crippen LogP contribution in [0.2, 0.25) is 0 Å². The van der Waals surface area contributed by atoms with Crippen molar-refractivity contribution in [1.82, 2.24) is 15.3 Å². The summed E-state index contributed by atoms with van der Waals surface area (Å²) in [6.45, 7) is 6.29. The average molecular weight is 346 g/mol. The number of hydrogen-bond acceptors (Lipinski definition) is 5. The fourth-order valence-electron chi connectivity index (χ4n) is 2.03. The summed E-state index contributed by atoms with van der Waals surface area (Å²) in [6, 6.07) is 3.30. The first-order valence-corrected chi connectivity index (χ1v) is 8.50. The molecule has 1 N–H and O–H groups in total. The quantitative estimate of drug-likeness (QED) is 0.922. The highest BCUT2D eigenvalue weighted by Gasteiger charge is 2.20. The van der Waals surface area contributed by atoms with Gasteiger partial charge in [0.25, 0.3) is 5.91 Å². The smallest absolute Gasteiger partial charge is 0.269 e. The number of nitrogens with zero attached hydrogens (tertiary/aromatic N) is 3. The molecule has 0 aromatic carbocycles. The number of anilines is 1. The van der Waals surface area contributed by atoms with Crippen LogP contribution in [-0.4, -0.2) is 35.9 Å². The average Bonchev–Trinajstić information content (AvgIpc) is 3.02. The molecule has 2 aromatic rings. The largest absolute Gasteiger partial charge is 0.354 e. The van der Waals surface area contributed by atoms with Crippen LogP contribution in [0.15, 0.2) is 23.7 Å². The van der Waals surface area contributed by atoms with E-state index in [9.17, 15) is 9.59 Å². The predicted octanol–water partition coefficient (Wildman–Crippen LogP) is 2.40. The third-order valence-corrected chi connectivity index (χ3v) is 4.81. The lowest BCUT2D eigenvalue weighted by molar-refractivity contribution is -0.117. The molecule has 0 fully saturated rings. The Balaban J connectivity index is 2.12. The second-order valence-electron chi connectivity index (χ2n) is 6.50. The molecule has 2 rings (SSSR count). The maximum absolute atomic E-state index is 12.5. The number of aromatic nitrogens is 2. The lowest BCUT2D eigenvalue weighted by Gasteiger charge is -2.17. The Morgan fingerprint density at radius 3 is 2.62 bits per heavy atom. The molecule has 7 heteroatoms. The first-order chi connectivity index (χ1) is 11.2. The van der Waals surface area contributed by atoms with Crippen molar-refractivity contribution in [2.24, 2.45) is 0 Å². The van der Waals surface area contributed by atoms with Crippen LogP contribution in [0.25, 0.3) is 0 Å². The van der Waals surface area contributed by atoms with E-state index in [4.69, 9.17) is 0 Å². The van der Waals surface area contributed by atoms with Gasteiger partial charge in [0.05, 0.1) is 17.1 Å². The van der Waals surface area contributed by atoms with Crippen LogP contribution >= 0.6 is 11.3 Å². The highest BCUT2D eigenvalue weighted by atomic mass is 32.1. The maximum atomic E-state index is 12.5. The van der Waals surface area contributed by atoms with Crippen molar-refractivity contribution in [2.75, 3.05) is 19.0 Å². The molecule has 0 aliphatic carbocycles. The molecule has 0 saturated carbocycles. The number of carbonyl (C=O) groups is 2. The van der Waals surface area contributed by atoms with Crippen molar-refractivity contribution in [1.29, 1.82) is 0 Å². The third-order valence-electron chi connectivity index (χ3n) is 3.49. The minimum atomic E-state index is -0.285. The van der Waals surface area contributed by atoms with Gasteiger partial charge in [0.1, 0.15) is 5.69 Å². The number of pyridine rings is 1.